The number of carbonyl (C=O) groups is 2. The van der Waals surface area contributed by atoms with Crippen LogP contribution in [0, 0.1) is 13.8 Å². The molecule has 10 nitrogen and oxygen atoms in total. The van der Waals surface area contributed by atoms with E-state index in [4.69, 9.17) is 10.5 Å². The Labute approximate surface area is 174 Å². The maximum absolute atomic E-state index is 12.9. The fourth-order valence-electron chi connectivity index (χ4n) is 3.35. The number of pyridine rings is 1. The summed E-state index contributed by atoms with van der Waals surface area (Å²) in [7, 11) is 0. The van der Waals surface area contributed by atoms with Crippen LogP contribution in [0.3, 0.4) is 0 Å². The number of anilines is 1. The summed E-state index contributed by atoms with van der Waals surface area (Å²) in [6.07, 6.45) is 1.61. The molecule has 3 rings (SSSR count). The van der Waals surface area contributed by atoms with E-state index in [9.17, 15) is 14.7 Å². The molecular weight excluding hydrogens is 388 g/mol. The van der Waals surface area contributed by atoms with Gasteiger partial charge in [0, 0.05) is 29.7 Å². The first kappa shape index (κ1) is 21.6. The number of nitrogen functional groups attached to an aromatic ring is 1. The lowest BCUT2D eigenvalue weighted by Crippen LogP contribution is -2.53. The van der Waals surface area contributed by atoms with E-state index in [0.29, 0.717) is 30.1 Å². The normalized spacial score (nSPS) is 19.2. The number of hydrogen-bond acceptors (Lipinski definition) is 8. The van der Waals surface area contributed by atoms with Crippen molar-refractivity contribution >= 4 is 17.8 Å². The van der Waals surface area contributed by atoms with Crippen molar-refractivity contribution in [1.82, 2.24) is 25.2 Å². The van der Waals surface area contributed by atoms with Crippen molar-refractivity contribution in [2.75, 3.05) is 38.6 Å². The van der Waals surface area contributed by atoms with Gasteiger partial charge in [-0.2, -0.15) is 0 Å². The van der Waals surface area contributed by atoms with Gasteiger partial charge < -0.3 is 25.8 Å². The van der Waals surface area contributed by atoms with Crippen molar-refractivity contribution in [2.45, 2.75) is 25.9 Å². The van der Waals surface area contributed by atoms with E-state index in [0.717, 1.165) is 0 Å². The van der Waals surface area contributed by atoms with Crippen molar-refractivity contribution in [2.24, 2.45) is 0 Å². The molecule has 3 heterocycles. The molecule has 1 aliphatic heterocycles. The summed E-state index contributed by atoms with van der Waals surface area (Å²) in [5.41, 5.74) is 6.50. The number of nitrogens with two attached hydrogens (primary N) is 1. The molecule has 1 atom stereocenters. The Morgan fingerprint density at radius 1 is 1.30 bits per heavy atom. The molecule has 2 amide bonds. The van der Waals surface area contributed by atoms with Crippen molar-refractivity contribution < 1.29 is 19.4 Å². The van der Waals surface area contributed by atoms with Crippen molar-refractivity contribution in [3.05, 3.63) is 47.0 Å². The SMILES string of the molecule is Cc1nc(N)nc(C)c1CC(=O)N1CCOC[C@](O)(CNC(=O)c2ccccn2)C1. The molecule has 4 N–H and O–H groups in total. The molecule has 2 aromatic rings. The summed E-state index contributed by atoms with van der Waals surface area (Å²) in [5, 5.41) is 13.7. The minimum Gasteiger partial charge on any atom is -0.384 e. The fraction of sp³-hybridized carbons (Fsp3) is 0.450. The first-order valence-electron chi connectivity index (χ1n) is 9.64. The number of hydrogen-bond donors (Lipinski definition) is 3. The summed E-state index contributed by atoms with van der Waals surface area (Å²) in [6, 6.07) is 5.00. The summed E-state index contributed by atoms with van der Waals surface area (Å²) >= 11 is 0. The number of ether oxygens (including phenoxy) is 1. The lowest BCUT2D eigenvalue weighted by molar-refractivity contribution is -0.133. The first-order valence-corrected chi connectivity index (χ1v) is 9.64. The van der Waals surface area contributed by atoms with Crippen LogP contribution in [0.4, 0.5) is 5.95 Å². The first-order chi connectivity index (χ1) is 14.3. The second-order valence-corrected chi connectivity index (χ2v) is 7.40. The molecule has 1 saturated heterocycles. The quantitative estimate of drug-likeness (QED) is 0.601. The maximum atomic E-state index is 12.9. The standard InChI is InChI=1S/C20H26N6O4/c1-13-15(14(2)25-19(21)24-13)9-17(27)26-7-8-30-12-20(29,11-26)10-23-18(28)16-5-3-4-6-22-16/h3-6,29H,7-12H2,1-2H3,(H,23,28)(H2,21,24,25)/t20-/m0/s1. The van der Waals surface area contributed by atoms with Crippen molar-refractivity contribution in [1.29, 1.82) is 0 Å². The molecule has 1 fully saturated rings. The van der Waals surface area contributed by atoms with Crippen LogP contribution >= 0.6 is 0 Å². The van der Waals surface area contributed by atoms with Gasteiger partial charge in [0.1, 0.15) is 11.3 Å². The number of rotatable bonds is 5. The van der Waals surface area contributed by atoms with Gasteiger partial charge in [-0.1, -0.05) is 6.07 Å². The Balaban J connectivity index is 1.66. The second kappa shape index (κ2) is 9.14. The third-order valence-corrected chi connectivity index (χ3v) is 4.96. The average molecular weight is 414 g/mol. The Bertz CT molecular complexity index is 900. The van der Waals surface area contributed by atoms with Crippen LogP contribution in [0.15, 0.2) is 24.4 Å². The van der Waals surface area contributed by atoms with E-state index in [1.54, 1.807) is 32.0 Å². The van der Waals surface area contributed by atoms with E-state index in [2.05, 4.69) is 20.3 Å². The number of nitrogens with one attached hydrogen (secondary N) is 1. The summed E-state index contributed by atoms with van der Waals surface area (Å²) in [5.74, 6) is -0.423. The largest absolute Gasteiger partial charge is 0.384 e. The van der Waals surface area contributed by atoms with Gasteiger partial charge in [-0.25, -0.2) is 9.97 Å². The predicted octanol–water partition coefficient (Wildman–Crippen LogP) is -0.367. The molecule has 0 spiro atoms. The molecule has 0 unspecified atom stereocenters. The molecule has 0 saturated carbocycles. The smallest absolute Gasteiger partial charge is 0.269 e. The van der Waals surface area contributed by atoms with Crippen LogP contribution in [0.2, 0.25) is 0 Å². The Hall–Kier alpha value is -3.11. The van der Waals surface area contributed by atoms with E-state index in [1.807, 2.05) is 0 Å². The molecule has 160 valence electrons. The van der Waals surface area contributed by atoms with E-state index < -0.39 is 11.5 Å². The molecule has 0 bridgehead atoms. The van der Waals surface area contributed by atoms with Gasteiger partial charge in [0.05, 0.1) is 32.7 Å². The third kappa shape index (κ3) is 5.28. The Morgan fingerprint density at radius 3 is 2.70 bits per heavy atom. The number of amides is 2. The van der Waals surface area contributed by atoms with Crippen LogP contribution < -0.4 is 11.1 Å². The lowest BCUT2D eigenvalue weighted by Gasteiger charge is -2.31. The average Bonchev–Trinajstić information content (AvgIpc) is 2.91. The van der Waals surface area contributed by atoms with Gasteiger partial charge in [-0.05, 0) is 26.0 Å². The van der Waals surface area contributed by atoms with Gasteiger partial charge in [0.2, 0.25) is 11.9 Å². The van der Waals surface area contributed by atoms with Crippen molar-refractivity contribution in [3.63, 3.8) is 0 Å². The van der Waals surface area contributed by atoms with E-state index >= 15 is 0 Å². The summed E-state index contributed by atoms with van der Waals surface area (Å²) in [6.45, 7) is 4.15. The number of aryl methyl sites for hydroxylation is 2. The van der Waals surface area contributed by atoms with Crippen LogP contribution in [-0.2, 0) is 16.0 Å². The minimum absolute atomic E-state index is 0.00230. The molecular formula is C20H26N6O4. The number of aliphatic hydroxyl groups is 1. The molecule has 30 heavy (non-hydrogen) atoms. The highest BCUT2D eigenvalue weighted by atomic mass is 16.5. The van der Waals surface area contributed by atoms with Gasteiger partial charge in [0.25, 0.3) is 5.91 Å². The number of nitrogens with zero attached hydrogens (tertiary/aromatic N) is 4. The molecule has 0 radical (unpaired) electrons. The fourth-order valence-corrected chi connectivity index (χ4v) is 3.35. The molecule has 10 heteroatoms. The Morgan fingerprint density at radius 2 is 2.03 bits per heavy atom. The van der Waals surface area contributed by atoms with Crippen LogP contribution in [0.25, 0.3) is 0 Å². The van der Waals surface area contributed by atoms with E-state index in [1.165, 1.54) is 11.1 Å². The highest BCUT2D eigenvalue weighted by molar-refractivity contribution is 5.92. The Kier molecular flexibility index (Phi) is 6.58. The predicted molar refractivity (Wildman–Crippen MR) is 109 cm³/mol. The summed E-state index contributed by atoms with van der Waals surface area (Å²) < 4.78 is 5.49. The lowest BCUT2D eigenvalue weighted by atomic mass is 10.0. The van der Waals surface area contributed by atoms with Crippen molar-refractivity contribution in [3.8, 4) is 0 Å². The zero-order valence-corrected chi connectivity index (χ0v) is 17.1. The summed E-state index contributed by atoms with van der Waals surface area (Å²) in [4.78, 5) is 39.0. The number of β-amino-alcohol motifs (C(OH)–C–C–N with tert-alkyl or cyclic N) is 1. The highest BCUT2D eigenvalue weighted by Gasteiger charge is 2.35. The number of carbonyl (C=O) groups excluding carboxylic acids is 2. The number of aromatic nitrogens is 3. The highest BCUT2D eigenvalue weighted by Crippen LogP contribution is 2.17. The van der Waals surface area contributed by atoms with Gasteiger partial charge in [-0.15, -0.1) is 0 Å². The monoisotopic (exact) mass is 414 g/mol. The van der Waals surface area contributed by atoms with Gasteiger partial charge in [-0.3, -0.25) is 14.6 Å². The molecule has 1 aliphatic rings. The van der Waals surface area contributed by atoms with E-state index in [-0.39, 0.29) is 43.7 Å². The third-order valence-electron chi connectivity index (χ3n) is 4.96. The zero-order chi connectivity index (χ0) is 21.7. The topological polar surface area (TPSA) is 144 Å². The van der Waals surface area contributed by atoms with Crippen LogP contribution in [-0.4, -0.2) is 75.2 Å². The molecule has 0 aromatic carbocycles. The van der Waals surface area contributed by atoms with Gasteiger partial charge >= 0.3 is 0 Å². The molecule has 2 aromatic heterocycles. The zero-order valence-electron chi connectivity index (χ0n) is 17.1. The van der Waals surface area contributed by atoms with Crippen LogP contribution in [0.1, 0.15) is 27.4 Å². The molecule has 0 aliphatic carbocycles. The van der Waals surface area contributed by atoms with Crippen LogP contribution in [0.5, 0.6) is 0 Å². The maximum Gasteiger partial charge on any atom is 0.269 e. The minimum atomic E-state index is -1.42. The van der Waals surface area contributed by atoms with Gasteiger partial charge in [0.15, 0.2) is 0 Å². The second-order valence-electron chi connectivity index (χ2n) is 7.40.